The molecular formula is C16H16BrCl2NS. The van der Waals surface area contributed by atoms with Crippen LogP contribution in [0.2, 0.25) is 10.0 Å². The summed E-state index contributed by atoms with van der Waals surface area (Å²) in [5.41, 5.74) is 1.12. The third kappa shape index (κ3) is 5.50. The summed E-state index contributed by atoms with van der Waals surface area (Å²) in [4.78, 5) is 1.26. The van der Waals surface area contributed by atoms with Gasteiger partial charge < -0.3 is 5.32 Å². The average molecular weight is 405 g/mol. The molecule has 5 heteroatoms. The summed E-state index contributed by atoms with van der Waals surface area (Å²) in [6, 6.07) is 14.4. The first-order valence-electron chi connectivity index (χ1n) is 6.58. The third-order valence-corrected chi connectivity index (χ3v) is 5.37. The Morgan fingerprint density at radius 1 is 1.19 bits per heavy atom. The van der Waals surface area contributed by atoms with Gasteiger partial charge in [-0.3, -0.25) is 0 Å². The summed E-state index contributed by atoms with van der Waals surface area (Å²) in [6.07, 6.45) is 0.882. The SMILES string of the molecule is CNC(CSc1cccc(Br)c1)Cc1ccc(Cl)cc1Cl. The van der Waals surface area contributed by atoms with Crippen LogP contribution < -0.4 is 5.32 Å². The van der Waals surface area contributed by atoms with Crippen LogP contribution in [0.3, 0.4) is 0 Å². The van der Waals surface area contributed by atoms with Crippen LogP contribution >= 0.6 is 50.9 Å². The molecule has 0 bridgehead atoms. The van der Waals surface area contributed by atoms with E-state index in [1.165, 1.54) is 4.90 Å². The molecule has 0 saturated carbocycles. The molecule has 0 aromatic heterocycles. The quantitative estimate of drug-likeness (QED) is 0.621. The predicted molar refractivity (Wildman–Crippen MR) is 97.9 cm³/mol. The van der Waals surface area contributed by atoms with E-state index in [1.807, 2.05) is 37.0 Å². The Bertz CT molecular complexity index is 607. The highest BCUT2D eigenvalue weighted by molar-refractivity contribution is 9.10. The van der Waals surface area contributed by atoms with Crippen LogP contribution in [0.25, 0.3) is 0 Å². The van der Waals surface area contributed by atoms with Crippen molar-refractivity contribution in [2.75, 3.05) is 12.8 Å². The maximum Gasteiger partial charge on any atom is 0.0453 e. The highest BCUT2D eigenvalue weighted by Crippen LogP contribution is 2.25. The van der Waals surface area contributed by atoms with Crippen LogP contribution in [-0.4, -0.2) is 18.8 Å². The van der Waals surface area contributed by atoms with Gasteiger partial charge in [-0.25, -0.2) is 0 Å². The molecule has 2 rings (SSSR count). The van der Waals surface area contributed by atoms with E-state index in [1.54, 1.807) is 6.07 Å². The van der Waals surface area contributed by atoms with Crippen molar-refractivity contribution >= 4 is 50.9 Å². The molecule has 0 heterocycles. The summed E-state index contributed by atoms with van der Waals surface area (Å²) >= 11 is 17.5. The molecule has 112 valence electrons. The number of nitrogens with one attached hydrogen (secondary N) is 1. The Hall–Kier alpha value is -0.190. The van der Waals surface area contributed by atoms with Crippen LogP contribution in [0.15, 0.2) is 51.8 Å². The molecule has 0 saturated heterocycles. The van der Waals surface area contributed by atoms with Gasteiger partial charge in [0.25, 0.3) is 0 Å². The van der Waals surface area contributed by atoms with Gasteiger partial charge in [0.15, 0.2) is 0 Å². The number of likely N-dealkylation sites (N-methyl/N-ethyl adjacent to an activating group) is 1. The fraction of sp³-hybridized carbons (Fsp3) is 0.250. The summed E-state index contributed by atoms with van der Waals surface area (Å²) < 4.78 is 1.11. The normalized spacial score (nSPS) is 12.4. The number of thioether (sulfide) groups is 1. The number of benzene rings is 2. The van der Waals surface area contributed by atoms with Gasteiger partial charge in [-0.15, -0.1) is 11.8 Å². The highest BCUT2D eigenvalue weighted by atomic mass is 79.9. The number of rotatable bonds is 6. The molecule has 1 nitrogen and oxygen atoms in total. The lowest BCUT2D eigenvalue weighted by atomic mass is 10.1. The lowest BCUT2D eigenvalue weighted by Crippen LogP contribution is -2.30. The largest absolute Gasteiger partial charge is 0.316 e. The van der Waals surface area contributed by atoms with E-state index in [4.69, 9.17) is 23.2 Å². The van der Waals surface area contributed by atoms with Gasteiger partial charge in [-0.1, -0.05) is 51.3 Å². The Kier molecular flexibility index (Phi) is 6.90. The standard InChI is InChI=1S/C16H16BrCl2NS/c1-20-14(7-11-5-6-13(18)9-16(11)19)10-21-15-4-2-3-12(17)8-15/h2-6,8-9,14,20H,7,10H2,1H3. The second-order valence-electron chi connectivity index (χ2n) is 4.69. The summed E-state index contributed by atoms with van der Waals surface area (Å²) in [6.45, 7) is 0. The fourth-order valence-electron chi connectivity index (χ4n) is 1.95. The molecule has 2 aromatic rings. The summed E-state index contributed by atoms with van der Waals surface area (Å²) in [5.74, 6) is 0.978. The molecule has 1 atom stereocenters. The van der Waals surface area contributed by atoms with Crippen molar-refractivity contribution in [3.05, 3.63) is 62.5 Å². The van der Waals surface area contributed by atoms with Crippen molar-refractivity contribution in [2.24, 2.45) is 0 Å². The van der Waals surface area contributed by atoms with Gasteiger partial charge in [-0.05, 0) is 49.4 Å². The molecule has 0 aliphatic carbocycles. The molecule has 21 heavy (non-hydrogen) atoms. The molecule has 2 aromatic carbocycles. The molecule has 0 spiro atoms. The Morgan fingerprint density at radius 3 is 2.67 bits per heavy atom. The van der Waals surface area contributed by atoms with Crippen molar-refractivity contribution in [3.8, 4) is 0 Å². The molecule has 0 aliphatic heterocycles. The Morgan fingerprint density at radius 2 is 2.00 bits per heavy atom. The van der Waals surface area contributed by atoms with E-state index < -0.39 is 0 Å². The maximum absolute atomic E-state index is 6.24. The van der Waals surface area contributed by atoms with E-state index in [0.717, 1.165) is 27.2 Å². The van der Waals surface area contributed by atoms with Crippen LogP contribution in [0.5, 0.6) is 0 Å². The van der Waals surface area contributed by atoms with E-state index in [0.29, 0.717) is 11.1 Å². The summed E-state index contributed by atoms with van der Waals surface area (Å²) in [7, 11) is 1.98. The van der Waals surface area contributed by atoms with Crippen molar-refractivity contribution in [3.63, 3.8) is 0 Å². The lowest BCUT2D eigenvalue weighted by molar-refractivity contribution is 0.617. The van der Waals surface area contributed by atoms with Gasteiger partial charge in [0.1, 0.15) is 0 Å². The smallest absolute Gasteiger partial charge is 0.0453 e. The molecule has 0 fully saturated rings. The fourth-order valence-corrected chi connectivity index (χ4v) is 4.05. The Balaban J connectivity index is 1.97. The van der Waals surface area contributed by atoms with Crippen molar-refractivity contribution in [2.45, 2.75) is 17.4 Å². The van der Waals surface area contributed by atoms with Gasteiger partial charge >= 0.3 is 0 Å². The highest BCUT2D eigenvalue weighted by Gasteiger charge is 2.11. The second kappa shape index (κ2) is 8.44. The number of halogens is 3. The molecule has 0 aliphatic rings. The molecule has 1 N–H and O–H groups in total. The lowest BCUT2D eigenvalue weighted by Gasteiger charge is -2.17. The van der Waals surface area contributed by atoms with E-state index in [9.17, 15) is 0 Å². The zero-order valence-electron chi connectivity index (χ0n) is 11.6. The predicted octanol–water partition coefficient (Wildman–Crippen LogP) is 5.68. The molecule has 0 amide bonds. The zero-order chi connectivity index (χ0) is 15.2. The minimum atomic E-state index is 0.354. The third-order valence-electron chi connectivity index (χ3n) is 3.14. The Labute approximate surface area is 148 Å². The van der Waals surface area contributed by atoms with E-state index in [-0.39, 0.29) is 0 Å². The van der Waals surface area contributed by atoms with E-state index in [2.05, 4.69) is 39.4 Å². The van der Waals surface area contributed by atoms with Gasteiger partial charge in [0.2, 0.25) is 0 Å². The van der Waals surface area contributed by atoms with Gasteiger partial charge in [0, 0.05) is 31.2 Å². The topological polar surface area (TPSA) is 12.0 Å². The van der Waals surface area contributed by atoms with Gasteiger partial charge in [0.05, 0.1) is 0 Å². The number of hydrogen-bond acceptors (Lipinski definition) is 2. The molecule has 0 radical (unpaired) electrons. The van der Waals surface area contributed by atoms with Crippen LogP contribution in [0.4, 0.5) is 0 Å². The summed E-state index contributed by atoms with van der Waals surface area (Å²) in [5, 5.41) is 4.76. The number of hydrogen-bond donors (Lipinski definition) is 1. The average Bonchev–Trinajstić information content (AvgIpc) is 2.45. The first kappa shape index (κ1) is 17.2. The van der Waals surface area contributed by atoms with Crippen LogP contribution in [0, 0.1) is 0 Å². The van der Waals surface area contributed by atoms with Crippen molar-refractivity contribution < 1.29 is 0 Å². The molecule has 1 unspecified atom stereocenters. The monoisotopic (exact) mass is 403 g/mol. The molecular weight excluding hydrogens is 389 g/mol. The van der Waals surface area contributed by atoms with Gasteiger partial charge in [-0.2, -0.15) is 0 Å². The van der Waals surface area contributed by atoms with Crippen LogP contribution in [-0.2, 0) is 6.42 Å². The maximum atomic E-state index is 6.24. The van der Waals surface area contributed by atoms with E-state index >= 15 is 0 Å². The first-order chi connectivity index (χ1) is 10.1. The van der Waals surface area contributed by atoms with Crippen LogP contribution in [0.1, 0.15) is 5.56 Å². The first-order valence-corrected chi connectivity index (χ1v) is 9.11. The minimum Gasteiger partial charge on any atom is -0.316 e. The van der Waals surface area contributed by atoms with Crippen molar-refractivity contribution in [1.82, 2.24) is 5.32 Å². The minimum absolute atomic E-state index is 0.354. The van der Waals surface area contributed by atoms with Crippen molar-refractivity contribution in [1.29, 1.82) is 0 Å². The zero-order valence-corrected chi connectivity index (χ0v) is 15.5. The second-order valence-corrected chi connectivity index (χ2v) is 7.55.